The molecule has 0 bridgehead atoms. The summed E-state index contributed by atoms with van der Waals surface area (Å²) in [5.74, 6) is 0.745. The summed E-state index contributed by atoms with van der Waals surface area (Å²) in [6.45, 7) is 4.08. The van der Waals surface area contributed by atoms with Crippen molar-refractivity contribution in [1.29, 1.82) is 0 Å². The minimum absolute atomic E-state index is 0.0427. The van der Waals surface area contributed by atoms with Crippen LogP contribution in [0, 0.1) is 11.3 Å². The highest BCUT2D eigenvalue weighted by molar-refractivity contribution is 5.76. The van der Waals surface area contributed by atoms with Gasteiger partial charge in [-0.2, -0.15) is 0 Å². The molecule has 1 saturated heterocycles. The minimum Gasteiger partial charge on any atom is -0.371 e. The summed E-state index contributed by atoms with van der Waals surface area (Å²) in [4.78, 5) is 20.0. The van der Waals surface area contributed by atoms with E-state index in [1.165, 1.54) is 24.8 Å². The normalized spacial score (nSPS) is 27.1. The van der Waals surface area contributed by atoms with Crippen molar-refractivity contribution in [3.05, 3.63) is 30.1 Å². The van der Waals surface area contributed by atoms with E-state index < -0.39 is 0 Å². The molecule has 1 saturated carbocycles. The number of pyridine rings is 1. The maximum atomic E-state index is 11.7. The van der Waals surface area contributed by atoms with Gasteiger partial charge in [-0.1, -0.05) is 12.5 Å². The molecule has 3 rings (SSSR count). The van der Waals surface area contributed by atoms with Gasteiger partial charge in [-0.15, -0.1) is 0 Å². The van der Waals surface area contributed by atoms with E-state index >= 15 is 0 Å². The fourth-order valence-corrected chi connectivity index (χ4v) is 4.10. The Balaban J connectivity index is 1.56. The van der Waals surface area contributed by atoms with Crippen LogP contribution in [0.3, 0.4) is 0 Å². The molecule has 1 aromatic rings. The van der Waals surface area contributed by atoms with E-state index in [-0.39, 0.29) is 17.9 Å². The lowest BCUT2D eigenvalue weighted by Gasteiger charge is -2.29. The Morgan fingerprint density at radius 1 is 1.52 bits per heavy atom. The number of carbonyl (C=O) groups excluding carboxylic acids is 1. The standard InChI is InChI=1S/C18H27N3O2/c1-20(2)17(22)12-23-14-18-7-3-6-16(18)11-21(13-18)10-15-5-4-8-19-9-15/h4-5,8-9,16H,3,6-7,10-14H2,1-2H3/t16-,18+/m1/s1. The summed E-state index contributed by atoms with van der Waals surface area (Å²) in [5, 5.41) is 0. The van der Waals surface area contributed by atoms with Crippen LogP contribution in [0.15, 0.2) is 24.5 Å². The summed E-state index contributed by atoms with van der Waals surface area (Å²) in [6.07, 6.45) is 7.56. The maximum Gasteiger partial charge on any atom is 0.248 e. The molecule has 5 heteroatoms. The Kier molecular flexibility index (Phi) is 4.97. The molecule has 0 aromatic carbocycles. The van der Waals surface area contributed by atoms with Crippen LogP contribution in [-0.4, -0.2) is 61.1 Å². The van der Waals surface area contributed by atoms with E-state index in [1.807, 2.05) is 18.5 Å². The van der Waals surface area contributed by atoms with Gasteiger partial charge in [0.2, 0.25) is 5.91 Å². The molecule has 0 radical (unpaired) electrons. The second kappa shape index (κ2) is 6.97. The number of carbonyl (C=O) groups is 1. The average Bonchev–Trinajstić information content (AvgIpc) is 3.04. The topological polar surface area (TPSA) is 45.7 Å². The summed E-state index contributed by atoms with van der Waals surface area (Å²) >= 11 is 0. The molecular formula is C18H27N3O2. The lowest BCUT2D eigenvalue weighted by Crippen LogP contribution is -2.34. The number of nitrogens with zero attached hydrogens (tertiary/aromatic N) is 3. The Hall–Kier alpha value is -1.46. The fourth-order valence-electron chi connectivity index (χ4n) is 4.10. The van der Waals surface area contributed by atoms with Gasteiger partial charge in [0, 0.05) is 51.5 Å². The summed E-state index contributed by atoms with van der Waals surface area (Å²) in [5.41, 5.74) is 1.51. The van der Waals surface area contributed by atoms with Gasteiger partial charge in [-0.25, -0.2) is 0 Å². The van der Waals surface area contributed by atoms with Gasteiger partial charge >= 0.3 is 0 Å². The number of hydrogen-bond donors (Lipinski definition) is 0. The summed E-state index contributed by atoms with van der Waals surface area (Å²) < 4.78 is 5.81. The van der Waals surface area contributed by atoms with Crippen LogP contribution in [0.1, 0.15) is 24.8 Å². The van der Waals surface area contributed by atoms with E-state index in [2.05, 4.69) is 16.0 Å². The zero-order valence-corrected chi connectivity index (χ0v) is 14.2. The second-order valence-electron chi connectivity index (χ2n) is 7.26. The number of likely N-dealkylation sites (N-methyl/N-ethyl adjacent to an activating group) is 1. The zero-order chi connectivity index (χ0) is 16.3. The molecule has 2 fully saturated rings. The van der Waals surface area contributed by atoms with Crippen LogP contribution in [0.4, 0.5) is 0 Å². The molecule has 23 heavy (non-hydrogen) atoms. The number of fused-ring (bicyclic) bond motifs is 1. The van der Waals surface area contributed by atoms with E-state index in [1.54, 1.807) is 19.0 Å². The molecule has 1 aliphatic heterocycles. The van der Waals surface area contributed by atoms with Crippen LogP contribution in [0.5, 0.6) is 0 Å². The number of rotatable bonds is 6. The third-order valence-electron chi connectivity index (χ3n) is 5.35. The van der Waals surface area contributed by atoms with Gasteiger partial charge in [0.25, 0.3) is 0 Å². The van der Waals surface area contributed by atoms with E-state index in [0.717, 1.165) is 19.6 Å². The first-order chi connectivity index (χ1) is 11.1. The molecule has 2 heterocycles. The Morgan fingerprint density at radius 3 is 3.13 bits per heavy atom. The van der Waals surface area contributed by atoms with Gasteiger partial charge in [0.15, 0.2) is 0 Å². The van der Waals surface area contributed by atoms with Crippen molar-refractivity contribution < 1.29 is 9.53 Å². The average molecular weight is 317 g/mol. The third kappa shape index (κ3) is 3.72. The SMILES string of the molecule is CN(C)C(=O)COC[C@@]12CCC[C@@H]1CN(Cc1cccnc1)C2. The van der Waals surface area contributed by atoms with E-state index in [9.17, 15) is 4.79 Å². The van der Waals surface area contributed by atoms with Crippen molar-refractivity contribution in [2.75, 3.05) is 40.4 Å². The van der Waals surface area contributed by atoms with Gasteiger partial charge < -0.3 is 9.64 Å². The summed E-state index contributed by atoms with van der Waals surface area (Å²) in [6, 6.07) is 4.14. The predicted octanol–water partition coefficient (Wildman–Crippen LogP) is 1.79. The molecule has 2 atom stereocenters. The molecule has 126 valence electrons. The van der Waals surface area contributed by atoms with Crippen molar-refractivity contribution in [2.24, 2.45) is 11.3 Å². The quantitative estimate of drug-likeness (QED) is 0.802. The lowest BCUT2D eigenvalue weighted by atomic mass is 9.81. The highest BCUT2D eigenvalue weighted by Gasteiger charge is 2.49. The monoisotopic (exact) mass is 317 g/mol. The number of likely N-dealkylation sites (tertiary alicyclic amines) is 1. The molecule has 0 N–H and O–H groups in total. The van der Waals surface area contributed by atoms with Crippen molar-refractivity contribution >= 4 is 5.91 Å². The maximum absolute atomic E-state index is 11.7. The molecule has 0 unspecified atom stereocenters. The Bertz CT molecular complexity index is 534. The van der Waals surface area contributed by atoms with Crippen molar-refractivity contribution in [3.8, 4) is 0 Å². The third-order valence-corrected chi connectivity index (χ3v) is 5.35. The minimum atomic E-state index is 0.0427. The van der Waals surface area contributed by atoms with Crippen molar-refractivity contribution in [3.63, 3.8) is 0 Å². The lowest BCUT2D eigenvalue weighted by molar-refractivity contribution is -0.135. The number of hydrogen-bond acceptors (Lipinski definition) is 4. The smallest absolute Gasteiger partial charge is 0.248 e. The first-order valence-electron chi connectivity index (χ1n) is 8.48. The van der Waals surface area contributed by atoms with E-state index in [0.29, 0.717) is 12.5 Å². The molecule has 1 aromatic heterocycles. The Labute approximate surface area is 138 Å². The molecule has 2 aliphatic rings. The van der Waals surface area contributed by atoms with Crippen LogP contribution in [-0.2, 0) is 16.1 Å². The predicted molar refractivity (Wildman–Crippen MR) is 88.8 cm³/mol. The van der Waals surface area contributed by atoms with Gasteiger partial charge in [-0.3, -0.25) is 14.7 Å². The molecule has 5 nitrogen and oxygen atoms in total. The highest BCUT2D eigenvalue weighted by atomic mass is 16.5. The van der Waals surface area contributed by atoms with Crippen LogP contribution >= 0.6 is 0 Å². The highest BCUT2D eigenvalue weighted by Crippen LogP contribution is 2.49. The Morgan fingerprint density at radius 2 is 2.39 bits per heavy atom. The van der Waals surface area contributed by atoms with Crippen LogP contribution < -0.4 is 0 Å². The van der Waals surface area contributed by atoms with Crippen molar-refractivity contribution in [1.82, 2.24) is 14.8 Å². The number of amides is 1. The van der Waals surface area contributed by atoms with Gasteiger partial charge in [0.05, 0.1) is 6.61 Å². The molecule has 1 aliphatic carbocycles. The van der Waals surface area contributed by atoms with Gasteiger partial charge in [-0.05, 0) is 30.4 Å². The number of aromatic nitrogens is 1. The van der Waals surface area contributed by atoms with Crippen LogP contribution in [0.2, 0.25) is 0 Å². The molecule has 0 spiro atoms. The first-order valence-corrected chi connectivity index (χ1v) is 8.48. The number of ether oxygens (including phenoxy) is 1. The first kappa shape index (κ1) is 16.4. The van der Waals surface area contributed by atoms with Crippen LogP contribution in [0.25, 0.3) is 0 Å². The molecule has 1 amide bonds. The van der Waals surface area contributed by atoms with Gasteiger partial charge in [0.1, 0.15) is 6.61 Å². The fraction of sp³-hybridized carbons (Fsp3) is 0.667. The van der Waals surface area contributed by atoms with E-state index in [4.69, 9.17) is 4.74 Å². The largest absolute Gasteiger partial charge is 0.371 e. The zero-order valence-electron chi connectivity index (χ0n) is 14.2. The second-order valence-corrected chi connectivity index (χ2v) is 7.26. The summed E-state index contributed by atoms with van der Waals surface area (Å²) in [7, 11) is 3.54. The molecular weight excluding hydrogens is 290 g/mol. The van der Waals surface area contributed by atoms with Crippen molar-refractivity contribution in [2.45, 2.75) is 25.8 Å².